The molecule has 4 aromatic heterocycles. The molecule has 0 atom stereocenters. The van der Waals surface area contributed by atoms with E-state index in [9.17, 15) is 0 Å². The van der Waals surface area contributed by atoms with Gasteiger partial charge in [0.05, 0.1) is 22.1 Å². The van der Waals surface area contributed by atoms with Gasteiger partial charge in [0.25, 0.3) is 0 Å². The minimum absolute atomic E-state index is 0.865. The molecule has 0 N–H and O–H groups in total. The molecule has 0 bridgehead atoms. The molecule has 14 rings (SSSR count). The molecule has 0 unspecified atom stereocenters. The van der Waals surface area contributed by atoms with Gasteiger partial charge >= 0.3 is 0 Å². The van der Waals surface area contributed by atoms with E-state index in [4.69, 9.17) is 8.83 Å². The second-order valence-electron chi connectivity index (χ2n) is 15.7. The van der Waals surface area contributed by atoms with Gasteiger partial charge in [-0.15, -0.1) is 0 Å². The minimum atomic E-state index is 0.865. The topological polar surface area (TPSA) is 36.1 Å². The van der Waals surface area contributed by atoms with Crippen molar-refractivity contribution in [3.8, 4) is 11.4 Å². The summed E-state index contributed by atoms with van der Waals surface area (Å²) >= 11 is 0. The van der Waals surface area contributed by atoms with Gasteiger partial charge in [0, 0.05) is 54.5 Å². The molecule has 0 radical (unpaired) electrons. The standard InChI is InChI=1S/C54H30N2O2/c1-3-11-37-31(9-1)17-21-47-53(37)39-13-5-7-15-45(39)55(47)35-19-23-49-43(29-35)41-25-33-26-42-44-30-36(20-24-50(44)58-52(42)28-34(33)27-51(41)57-49)56-46-16-8-6-14-40(46)54-38-12-4-2-10-32(38)18-22-48(54)56/h1-30H. The molecule has 14 aromatic rings. The zero-order valence-corrected chi connectivity index (χ0v) is 31.0. The van der Waals surface area contributed by atoms with Gasteiger partial charge in [-0.3, -0.25) is 0 Å². The Balaban J connectivity index is 0.968. The van der Waals surface area contributed by atoms with Crippen molar-refractivity contribution in [1.29, 1.82) is 0 Å². The first kappa shape index (κ1) is 30.4. The van der Waals surface area contributed by atoms with Crippen LogP contribution in [0.25, 0.3) is 131 Å². The summed E-state index contributed by atoms with van der Waals surface area (Å²) in [7, 11) is 0. The molecule has 4 heteroatoms. The van der Waals surface area contributed by atoms with Gasteiger partial charge in [-0.1, -0.05) is 97.1 Å². The first-order valence-electron chi connectivity index (χ1n) is 19.8. The van der Waals surface area contributed by atoms with E-state index >= 15 is 0 Å². The Morgan fingerprint density at radius 1 is 0.259 bits per heavy atom. The number of rotatable bonds is 2. The van der Waals surface area contributed by atoms with E-state index in [0.29, 0.717) is 0 Å². The average Bonchev–Trinajstić information content (AvgIpc) is 4.01. The van der Waals surface area contributed by atoms with Crippen LogP contribution in [0.5, 0.6) is 0 Å². The predicted molar refractivity (Wildman–Crippen MR) is 242 cm³/mol. The molecular formula is C54H30N2O2. The first-order valence-corrected chi connectivity index (χ1v) is 19.8. The SMILES string of the molecule is c1ccc2c(c1)ccc1c2c2ccccc2n1-c1ccc2oc3cc4cc5oc6ccc(-n7c8ccccc8c8c9ccccc9ccc87)cc6c5cc4cc3c2c1. The highest BCUT2D eigenvalue weighted by Crippen LogP contribution is 2.42. The molecule has 0 aliphatic carbocycles. The van der Waals surface area contributed by atoms with E-state index in [0.717, 1.165) is 66.0 Å². The van der Waals surface area contributed by atoms with Crippen molar-refractivity contribution in [2.45, 2.75) is 0 Å². The van der Waals surface area contributed by atoms with Crippen LogP contribution in [-0.2, 0) is 0 Å². The number of fused-ring (bicyclic) bond motifs is 17. The van der Waals surface area contributed by atoms with Crippen LogP contribution in [0.15, 0.2) is 191 Å². The Kier molecular flexibility index (Phi) is 5.73. The summed E-state index contributed by atoms with van der Waals surface area (Å²) in [4.78, 5) is 0. The fraction of sp³-hybridized carbons (Fsp3) is 0. The third-order valence-electron chi connectivity index (χ3n) is 12.6. The van der Waals surface area contributed by atoms with Crippen LogP contribution in [0.2, 0.25) is 0 Å². The second-order valence-corrected chi connectivity index (χ2v) is 15.7. The summed E-state index contributed by atoms with van der Waals surface area (Å²) in [6.07, 6.45) is 0. The second kappa shape index (κ2) is 10.9. The molecule has 4 nitrogen and oxygen atoms in total. The van der Waals surface area contributed by atoms with Crippen molar-refractivity contribution in [2.24, 2.45) is 0 Å². The molecule has 0 aliphatic rings. The van der Waals surface area contributed by atoms with Crippen LogP contribution < -0.4 is 0 Å². The van der Waals surface area contributed by atoms with Crippen LogP contribution in [0, 0.1) is 0 Å². The van der Waals surface area contributed by atoms with Gasteiger partial charge in [0.2, 0.25) is 0 Å². The highest BCUT2D eigenvalue weighted by Gasteiger charge is 2.19. The number of furan rings is 2. The van der Waals surface area contributed by atoms with Crippen molar-refractivity contribution < 1.29 is 8.83 Å². The maximum atomic E-state index is 6.55. The van der Waals surface area contributed by atoms with E-state index in [2.05, 4.69) is 191 Å². The maximum absolute atomic E-state index is 6.55. The van der Waals surface area contributed by atoms with E-state index in [-0.39, 0.29) is 0 Å². The van der Waals surface area contributed by atoms with E-state index in [1.165, 1.54) is 65.2 Å². The van der Waals surface area contributed by atoms with Gasteiger partial charge in [-0.05, 0) is 117 Å². The highest BCUT2D eigenvalue weighted by atomic mass is 16.3. The fourth-order valence-corrected chi connectivity index (χ4v) is 10.1. The zero-order chi connectivity index (χ0) is 37.6. The quantitative estimate of drug-likeness (QED) is 0.177. The average molecular weight is 739 g/mol. The van der Waals surface area contributed by atoms with Crippen molar-refractivity contribution in [3.63, 3.8) is 0 Å². The Labute approximate surface area is 329 Å². The third kappa shape index (κ3) is 3.98. The molecule has 4 heterocycles. The van der Waals surface area contributed by atoms with E-state index in [1.807, 2.05) is 0 Å². The molecule has 0 spiro atoms. The summed E-state index contributed by atoms with van der Waals surface area (Å²) in [6.45, 7) is 0. The molecular weight excluding hydrogens is 709 g/mol. The number of hydrogen-bond acceptors (Lipinski definition) is 2. The monoisotopic (exact) mass is 738 g/mol. The largest absolute Gasteiger partial charge is 0.456 e. The molecule has 58 heavy (non-hydrogen) atoms. The summed E-state index contributed by atoms with van der Waals surface area (Å²) in [5.41, 5.74) is 10.5. The predicted octanol–water partition coefficient (Wildman–Crippen LogP) is 15.1. The molecule has 0 aliphatic heterocycles. The minimum Gasteiger partial charge on any atom is -0.456 e. The first-order chi connectivity index (χ1) is 28.7. The number of hydrogen-bond donors (Lipinski definition) is 0. The number of nitrogens with zero attached hydrogens (tertiary/aromatic N) is 2. The van der Waals surface area contributed by atoms with Crippen molar-refractivity contribution in [3.05, 3.63) is 182 Å². The lowest BCUT2D eigenvalue weighted by molar-refractivity contribution is 0.668. The van der Waals surface area contributed by atoms with Crippen molar-refractivity contribution in [1.82, 2.24) is 9.13 Å². The summed E-state index contributed by atoms with van der Waals surface area (Å²) in [5.74, 6) is 0. The number of para-hydroxylation sites is 2. The fourth-order valence-electron chi connectivity index (χ4n) is 10.1. The van der Waals surface area contributed by atoms with Gasteiger partial charge < -0.3 is 18.0 Å². The summed E-state index contributed by atoms with van der Waals surface area (Å²) < 4.78 is 17.9. The van der Waals surface area contributed by atoms with Crippen LogP contribution in [0.1, 0.15) is 0 Å². The number of aromatic nitrogens is 2. The zero-order valence-electron chi connectivity index (χ0n) is 31.0. The lowest BCUT2D eigenvalue weighted by atomic mass is 10.0. The third-order valence-corrected chi connectivity index (χ3v) is 12.6. The van der Waals surface area contributed by atoms with Crippen LogP contribution >= 0.6 is 0 Å². The maximum Gasteiger partial charge on any atom is 0.136 e. The van der Waals surface area contributed by atoms with Crippen LogP contribution in [0.3, 0.4) is 0 Å². The van der Waals surface area contributed by atoms with E-state index < -0.39 is 0 Å². The normalized spacial score (nSPS) is 12.5. The van der Waals surface area contributed by atoms with Crippen LogP contribution in [0.4, 0.5) is 0 Å². The Hall–Kier alpha value is -7.82. The lowest BCUT2D eigenvalue weighted by Crippen LogP contribution is -1.93. The molecule has 0 fully saturated rings. The Morgan fingerprint density at radius 2 is 0.672 bits per heavy atom. The smallest absolute Gasteiger partial charge is 0.136 e. The van der Waals surface area contributed by atoms with Crippen molar-refractivity contribution >= 4 is 120 Å². The lowest BCUT2D eigenvalue weighted by Gasteiger charge is -2.09. The van der Waals surface area contributed by atoms with Gasteiger partial charge in [-0.2, -0.15) is 0 Å². The molecule has 0 amide bonds. The van der Waals surface area contributed by atoms with Crippen molar-refractivity contribution in [2.75, 3.05) is 0 Å². The highest BCUT2D eigenvalue weighted by molar-refractivity contribution is 6.23. The molecule has 268 valence electrons. The molecule has 0 saturated heterocycles. The summed E-state index contributed by atoms with van der Waals surface area (Å²) in [6, 6.07) is 65.9. The number of benzene rings is 10. The Morgan fingerprint density at radius 3 is 1.17 bits per heavy atom. The van der Waals surface area contributed by atoms with Crippen LogP contribution in [-0.4, -0.2) is 9.13 Å². The molecule has 10 aromatic carbocycles. The van der Waals surface area contributed by atoms with E-state index in [1.54, 1.807) is 0 Å². The van der Waals surface area contributed by atoms with Gasteiger partial charge in [-0.25, -0.2) is 0 Å². The van der Waals surface area contributed by atoms with Gasteiger partial charge in [0.15, 0.2) is 0 Å². The Bertz CT molecular complexity index is 3840. The van der Waals surface area contributed by atoms with Gasteiger partial charge in [0.1, 0.15) is 22.3 Å². The summed E-state index contributed by atoms with van der Waals surface area (Å²) in [5, 5.41) is 16.7. The molecule has 0 saturated carbocycles.